The van der Waals surface area contributed by atoms with E-state index in [9.17, 15) is 14.9 Å². The molecule has 82 valence electrons. The smallest absolute Gasteiger partial charge is 0.278 e. The van der Waals surface area contributed by atoms with Crippen molar-refractivity contribution >= 4 is 22.4 Å². The highest BCUT2D eigenvalue weighted by atomic mass is 16.6. The molecule has 0 unspecified atom stereocenters. The Labute approximate surface area is 91.4 Å². The molecule has 0 aliphatic heterocycles. The summed E-state index contributed by atoms with van der Waals surface area (Å²) in [7, 11) is 0. The van der Waals surface area contributed by atoms with Crippen LogP contribution in [0.2, 0.25) is 0 Å². The van der Waals surface area contributed by atoms with E-state index in [0.717, 1.165) is 0 Å². The molecule has 0 atom stereocenters. The second-order valence-corrected chi connectivity index (χ2v) is 3.61. The maximum absolute atomic E-state index is 11.0. The summed E-state index contributed by atoms with van der Waals surface area (Å²) >= 11 is 0. The minimum Gasteiger partial charge on any atom is -0.340 e. The molecule has 5 heteroatoms. The van der Waals surface area contributed by atoms with Gasteiger partial charge in [-0.05, 0) is 19.1 Å². The number of carbonyl (C=O) groups is 1. The van der Waals surface area contributed by atoms with Crippen molar-refractivity contribution in [1.82, 2.24) is 4.57 Å². The highest BCUT2D eigenvalue weighted by Crippen LogP contribution is 2.26. The number of rotatable bonds is 3. The van der Waals surface area contributed by atoms with Gasteiger partial charge >= 0.3 is 0 Å². The molecule has 0 N–H and O–H groups in total. The monoisotopic (exact) mass is 218 g/mol. The van der Waals surface area contributed by atoms with E-state index in [1.807, 2.05) is 0 Å². The number of nitro groups is 1. The quantitative estimate of drug-likeness (QED) is 0.585. The van der Waals surface area contributed by atoms with Gasteiger partial charge in [-0.15, -0.1) is 0 Å². The molecular weight excluding hydrogens is 208 g/mol. The van der Waals surface area contributed by atoms with E-state index in [0.29, 0.717) is 10.9 Å². The minimum absolute atomic E-state index is 0.0176. The number of nitro benzene ring substituents is 1. The van der Waals surface area contributed by atoms with Gasteiger partial charge in [0.25, 0.3) is 5.69 Å². The molecular formula is C11H10N2O3. The first-order valence-corrected chi connectivity index (χ1v) is 4.81. The van der Waals surface area contributed by atoms with Crippen LogP contribution in [-0.2, 0) is 11.3 Å². The van der Waals surface area contributed by atoms with Crippen LogP contribution in [-0.4, -0.2) is 15.3 Å². The molecule has 0 aliphatic rings. The SMILES string of the molecule is CC(=O)Cn1ccc2c([N+](=O)[O-])cccc21. The maximum Gasteiger partial charge on any atom is 0.278 e. The van der Waals surface area contributed by atoms with E-state index in [2.05, 4.69) is 0 Å². The number of hydrogen-bond acceptors (Lipinski definition) is 3. The number of fused-ring (bicyclic) bond motifs is 1. The highest BCUT2D eigenvalue weighted by Gasteiger charge is 2.13. The zero-order valence-electron chi connectivity index (χ0n) is 8.71. The number of ketones is 1. The van der Waals surface area contributed by atoms with Gasteiger partial charge < -0.3 is 4.57 Å². The third-order valence-corrected chi connectivity index (χ3v) is 2.38. The molecule has 0 saturated heterocycles. The Morgan fingerprint density at radius 1 is 1.44 bits per heavy atom. The van der Waals surface area contributed by atoms with Gasteiger partial charge in [-0.1, -0.05) is 6.07 Å². The number of Topliss-reactive ketones (excluding diaryl/α,β-unsaturated/α-hetero) is 1. The molecule has 16 heavy (non-hydrogen) atoms. The van der Waals surface area contributed by atoms with Gasteiger partial charge in [0.1, 0.15) is 5.78 Å². The zero-order valence-corrected chi connectivity index (χ0v) is 8.71. The fourth-order valence-electron chi connectivity index (χ4n) is 1.74. The molecule has 2 rings (SSSR count). The molecule has 5 nitrogen and oxygen atoms in total. The molecule has 0 radical (unpaired) electrons. The molecule has 0 fully saturated rings. The summed E-state index contributed by atoms with van der Waals surface area (Å²) in [4.78, 5) is 21.4. The van der Waals surface area contributed by atoms with Gasteiger partial charge in [0.15, 0.2) is 0 Å². The molecule has 1 aromatic carbocycles. The second-order valence-electron chi connectivity index (χ2n) is 3.61. The van der Waals surface area contributed by atoms with Crippen molar-refractivity contribution < 1.29 is 9.72 Å². The van der Waals surface area contributed by atoms with Crippen LogP contribution in [0.15, 0.2) is 30.5 Å². The first-order valence-electron chi connectivity index (χ1n) is 4.81. The predicted octanol–water partition coefficient (Wildman–Crippen LogP) is 2.14. The normalized spacial score (nSPS) is 10.6. The number of non-ortho nitro benzene ring substituents is 1. The molecule has 0 saturated carbocycles. The molecule has 2 aromatic rings. The van der Waals surface area contributed by atoms with E-state index >= 15 is 0 Å². The molecule has 0 amide bonds. The van der Waals surface area contributed by atoms with Gasteiger partial charge in [-0.3, -0.25) is 14.9 Å². The molecule has 0 aliphatic carbocycles. The average molecular weight is 218 g/mol. The van der Waals surface area contributed by atoms with Gasteiger partial charge in [0, 0.05) is 12.3 Å². The first kappa shape index (κ1) is 10.4. The Bertz CT molecular complexity index is 572. The van der Waals surface area contributed by atoms with Crippen molar-refractivity contribution in [2.75, 3.05) is 0 Å². The van der Waals surface area contributed by atoms with E-state index in [1.54, 1.807) is 29.0 Å². The van der Waals surface area contributed by atoms with Crippen molar-refractivity contribution in [2.24, 2.45) is 0 Å². The summed E-state index contributed by atoms with van der Waals surface area (Å²) in [5.41, 5.74) is 0.782. The Kier molecular flexibility index (Phi) is 2.44. The van der Waals surface area contributed by atoms with Gasteiger partial charge in [0.05, 0.1) is 22.4 Å². The van der Waals surface area contributed by atoms with Crippen LogP contribution in [0.5, 0.6) is 0 Å². The molecule has 0 spiro atoms. The van der Waals surface area contributed by atoms with Crippen LogP contribution in [0, 0.1) is 10.1 Å². The number of benzene rings is 1. The van der Waals surface area contributed by atoms with Crippen molar-refractivity contribution in [1.29, 1.82) is 0 Å². The Balaban J connectivity index is 2.61. The predicted molar refractivity (Wildman–Crippen MR) is 59.3 cm³/mol. The van der Waals surface area contributed by atoms with E-state index in [-0.39, 0.29) is 18.0 Å². The molecule has 0 bridgehead atoms. The van der Waals surface area contributed by atoms with E-state index < -0.39 is 4.92 Å². The summed E-state index contributed by atoms with van der Waals surface area (Å²) in [5.74, 6) is 0.0176. The van der Waals surface area contributed by atoms with E-state index in [1.165, 1.54) is 13.0 Å². The van der Waals surface area contributed by atoms with Crippen molar-refractivity contribution in [3.05, 3.63) is 40.6 Å². The van der Waals surface area contributed by atoms with Crippen LogP contribution < -0.4 is 0 Å². The third kappa shape index (κ3) is 1.67. The topological polar surface area (TPSA) is 65.1 Å². The lowest BCUT2D eigenvalue weighted by molar-refractivity contribution is -0.383. The van der Waals surface area contributed by atoms with Gasteiger partial charge in [-0.25, -0.2) is 0 Å². The van der Waals surface area contributed by atoms with Crippen LogP contribution in [0.3, 0.4) is 0 Å². The Morgan fingerprint density at radius 3 is 2.81 bits per heavy atom. The highest BCUT2D eigenvalue weighted by molar-refractivity contribution is 5.90. The van der Waals surface area contributed by atoms with Gasteiger partial charge in [-0.2, -0.15) is 0 Å². The van der Waals surface area contributed by atoms with Crippen molar-refractivity contribution in [3.8, 4) is 0 Å². The summed E-state index contributed by atoms with van der Waals surface area (Å²) in [6.45, 7) is 1.73. The summed E-state index contributed by atoms with van der Waals surface area (Å²) in [6.07, 6.45) is 1.69. The second kappa shape index (κ2) is 3.77. The lowest BCUT2D eigenvalue weighted by Gasteiger charge is -2.01. The van der Waals surface area contributed by atoms with Gasteiger partial charge in [0.2, 0.25) is 0 Å². The fourth-order valence-corrected chi connectivity index (χ4v) is 1.74. The zero-order chi connectivity index (χ0) is 11.7. The largest absolute Gasteiger partial charge is 0.340 e. The Hall–Kier alpha value is -2.17. The third-order valence-electron chi connectivity index (χ3n) is 2.38. The molecule has 1 aromatic heterocycles. The number of hydrogen-bond donors (Lipinski definition) is 0. The standard InChI is InChI=1S/C11H10N2O3/c1-8(14)7-12-6-5-9-10(12)3-2-4-11(9)13(15)16/h2-6H,7H2,1H3. The molecule has 1 heterocycles. The first-order chi connectivity index (χ1) is 7.59. The van der Waals surface area contributed by atoms with Crippen molar-refractivity contribution in [3.63, 3.8) is 0 Å². The van der Waals surface area contributed by atoms with E-state index in [4.69, 9.17) is 0 Å². The summed E-state index contributed by atoms with van der Waals surface area (Å²) < 4.78 is 1.71. The van der Waals surface area contributed by atoms with Crippen LogP contribution >= 0.6 is 0 Å². The lowest BCUT2D eigenvalue weighted by Crippen LogP contribution is -2.04. The van der Waals surface area contributed by atoms with Crippen LogP contribution in [0.25, 0.3) is 10.9 Å². The van der Waals surface area contributed by atoms with Crippen LogP contribution in [0.1, 0.15) is 6.92 Å². The van der Waals surface area contributed by atoms with Crippen LogP contribution in [0.4, 0.5) is 5.69 Å². The minimum atomic E-state index is -0.416. The average Bonchev–Trinajstić information content (AvgIpc) is 2.60. The number of aromatic nitrogens is 1. The van der Waals surface area contributed by atoms with Crippen molar-refractivity contribution in [2.45, 2.75) is 13.5 Å². The number of carbonyl (C=O) groups excluding carboxylic acids is 1. The lowest BCUT2D eigenvalue weighted by atomic mass is 10.2. The summed E-state index contributed by atoms with van der Waals surface area (Å²) in [5, 5.41) is 11.3. The maximum atomic E-state index is 11.0. The summed E-state index contributed by atoms with van der Waals surface area (Å²) in [6, 6.07) is 6.51. The fraction of sp³-hybridized carbons (Fsp3) is 0.182. The Morgan fingerprint density at radius 2 is 2.19 bits per heavy atom. The number of nitrogens with zero attached hydrogens (tertiary/aromatic N) is 2.